The Balaban J connectivity index is 1.49. The molecule has 0 aliphatic carbocycles. The lowest BCUT2D eigenvalue weighted by Gasteiger charge is -2.13. The number of nitrogens with one attached hydrogen (secondary N) is 1. The first-order chi connectivity index (χ1) is 13.1. The van der Waals surface area contributed by atoms with Gasteiger partial charge in [-0.15, -0.1) is 0 Å². The van der Waals surface area contributed by atoms with Crippen LogP contribution in [0.5, 0.6) is 0 Å². The molecule has 2 aliphatic rings. The van der Waals surface area contributed by atoms with Crippen molar-refractivity contribution in [3.63, 3.8) is 0 Å². The zero-order valence-electron chi connectivity index (χ0n) is 14.8. The third-order valence-electron chi connectivity index (χ3n) is 4.93. The van der Waals surface area contributed by atoms with Gasteiger partial charge in [-0.1, -0.05) is 30.3 Å². The maximum Gasteiger partial charge on any atom is 0.261 e. The summed E-state index contributed by atoms with van der Waals surface area (Å²) in [6.07, 6.45) is 1.99. The molecule has 1 unspecified atom stereocenters. The highest BCUT2D eigenvalue weighted by Crippen LogP contribution is 2.25. The Morgan fingerprint density at radius 3 is 2.59 bits per heavy atom. The summed E-state index contributed by atoms with van der Waals surface area (Å²) in [5.74, 6) is -0.965. The van der Waals surface area contributed by atoms with Gasteiger partial charge in [-0.2, -0.15) is 0 Å². The van der Waals surface area contributed by atoms with Crippen LogP contribution in [0, 0.1) is 0 Å². The molecule has 4 rings (SSSR count). The van der Waals surface area contributed by atoms with E-state index >= 15 is 0 Å². The average molecular weight is 364 g/mol. The quantitative estimate of drug-likeness (QED) is 0.827. The smallest absolute Gasteiger partial charge is 0.261 e. The van der Waals surface area contributed by atoms with Crippen molar-refractivity contribution in [2.24, 2.45) is 0 Å². The molecule has 6 heteroatoms. The van der Waals surface area contributed by atoms with Crippen LogP contribution in [0.4, 0.5) is 0 Å². The molecule has 0 spiro atoms. The fraction of sp³-hybridized carbons (Fsp3) is 0.286. The van der Waals surface area contributed by atoms with Crippen molar-refractivity contribution >= 4 is 17.7 Å². The van der Waals surface area contributed by atoms with Gasteiger partial charge in [-0.05, 0) is 36.6 Å². The van der Waals surface area contributed by atoms with Crippen LogP contribution < -0.4 is 5.32 Å². The topological polar surface area (TPSA) is 75.7 Å². The van der Waals surface area contributed by atoms with Gasteiger partial charge in [0, 0.05) is 18.7 Å². The van der Waals surface area contributed by atoms with E-state index in [0.717, 1.165) is 25.0 Å². The number of amides is 3. The summed E-state index contributed by atoms with van der Waals surface area (Å²) in [5.41, 5.74) is 1.86. The molecular weight excluding hydrogens is 344 g/mol. The molecule has 2 aromatic carbocycles. The number of benzene rings is 2. The molecule has 6 nitrogen and oxygen atoms in total. The lowest BCUT2D eigenvalue weighted by atomic mass is 10.1. The predicted octanol–water partition coefficient (Wildman–Crippen LogP) is 2.39. The van der Waals surface area contributed by atoms with E-state index in [0.29, 0.717) is 17.7 Å². The van der Waals surface area contributed by atoms with E-state index in [1.807, 2.05) is 30.3 Å². The average Bonchev–Trinajstić information content (AvgIpc) is 3.30. The summed E-state index contributed by atoms with van der Waals surface area (Å²) in [6.45, 7) is 1.39. The molecule has 1 saturated heterocycles. The second-order valence-electron chi connectivity index (χ2n) is 6.79. The second-order valence-corrected chi connectivity index (χ2v) is 6.79. The van der Waals surface area contributed by atoms with Crippen LogP contribution in [0.15, 0.2) is 48.5 Å². The highest BCUT2D eigenvalue weighted by atomic mass is 16.5. The van der Waals surface area contributed by atoms with Crippen molar-refractivity contribution in [1.82, 2.24) is 10.2 Å². The third kappa shape index (κ3) is 3.48. The maximum atomic E-state index is 12.7. The van der Waals surface area contributed by atoms with Crippen molar-refractivity contribution in [3.05, 3.63) is 70.8 Å². The normalized spacial score (nSPS) is 18.7. The molecule has 3 amide bonds. The Morgan fingerprint density at radius 2 is 1.85 bits per heavy atom. The number of hydrogen-bond acceptors (Lipinski definition) is 4. The van der Waals surface area contributed by atoms with E-state index in [2.05, 4.69) is 5.32 Å². The van der Waals surface area contributed by atoms with Crippen molar-refractivity contribution in [1.29, 1.82) is 0 Å². The van der Waals surface area contributed by atoms with Gasteiger partial charge in [-0.3, -0.25) is 19.3 Å². The minimum Gasteiger partial charge on any atom is -0.376 e. The van der Waals surface area contributed by atoms with E-state index < -0.39 is 0 Å². The zero-order valence-corrected chi connectivity index (χ0v) is 14.8. The fourth-order valence-corrected chi connectivity index (χ4v) is 3.46. The van der Waals surface area contributed by atoms with Crippen LogP contribution in [0.25, 0.3) is 0 Å². The van der Waals surface area contributed by atoms with Crippen LogP contribution >= 0.6 is 0 Å². The summed E-state index contributed by atoms with van der Waals surface area (Å²) in [7, 11) is 0. The number of carbonyl (C=O) groups excluding carboxylic acids is 3. The molecule has 0 radical (unpaired) electrons. The summed E-state index contributed by atoms with van der Waals surface area (Å²) in [5, 5.41) is 2.84. The number of carbonyl (C=O) groups is 3. The number of rotatable bonds is 5. The van der Waals surface area contributed by atoms with Gasteiger partial charge in [0.05, 0.1) is 23.8 Å². The Labute approximate surface area is 157 Å². The van der Waals surface area contributed by atoms with Gasteiger partial charge in [0.15, 0.2) is 0 Å². The monoisotopic (exact) mass is 364 g/mol. The lowest BCUT2D eigenvalue weighted by molar-refractivity contribution is 0.0642. The molecule has 2 aliphatic heterocycles. The Kier molecular flexibility index (Phi) is 4.73. The van der Waals surface area contributed by atoms with Gasteiger partial charge in [0.25, 0.3) is 17.7 Å². The van der Waals surface area contributed by atoms with Crippen LogP contribution in [-0.4, -0.2) is 41.9 Å². The van der Waals surface area contributed by atoms with Crippen molar-refractivity contribution in [2.45, 2.75) is 25.5 Å². The van der Waals surface area contributed by atoms with E-state index in [9.17, 15) is 14.4 Å². The highest BCUT2D eigenvalue weighted by molar-refractivity contribution is 6.22. The standard InChI is InChI=1S/C21H20N2O4/c24-19(22-12-16-7-4-10-27-16)15-8-9-17-18(11-15)21(26)23(20(17)25)13-14-5-2-1-3-6-14/h1-3,5-6,8-9,11,16H,4,7,10,12-13H2,(H,22,24). The fourth-order valence-electron chi connectivity index (χ4n) is 3.46. The maximum absolute atomic E-state index is 12.7. The molecule has 0 saturated carbocycles. The van der Waals surface area contributed by atoms with Gasteiger partial charge in [0.2, 0.25) is 0 Å². The summed E-state index contributed by atoms with van der Waals surface area (Å²) in [4.78, 5) is 38.9. The van der Waals surface area contributed by atoms with Crippen molar-refractivity contribution in [3.8, 4) is 0 Å². The Bertz CT molecular complexity index is 888. The van der Waals surface area contributed by atoms with Crippen LogP contribution in [0.2, 0.25) is 0 Å². The summed E-state index contributed by atoms with van der Waals surface area (Å²) in [6, 6.07) is 14.0. The zero-order chi connectivity index (χ0) is 18.8. The summed E-state index contributed by atoms with van der Waals surface area (Å²) < 4.78 is 5.49. The van der Waals surface area contributed by atoms with E-state index in [1.165, 1.54) is 11.0 Å². The van der Waals surface area contributed by atoms with Crippen molar-refractivity contribution in [2.75, 3.05) is 13.2 Å². The number of nitrogens with zero attached hydrogens (tertiary/aromatic N) is 1. The predicted molar refractivity (Wildman–Crippen MR) is 98.4 cm³/mol. The van der Waals surface area contributed by atoms with E-state index in [-0.39, 0.29) is 35.9 Å². The molecule has 1 fully saturated rings. The first kappa shape index (κ1) is 17.4. The Hall–Kier alpha value is -2.99. The first-order valence-electron chi connectivity index (χ1n) is 9.07. The Morgan fingerprint density at radius 1 is 1.07 bits per heavy atom. The molecule has 27 heavy (non-hydrogen) atoms. The van der Waals surface area contributed by atoms with Gasteiger partial charge < -0.3 is 10.1 Å². The molecular formula is C21H20N2O4. The first-order valence-corrected chi connectivity index (χ1v) is 9.07. The van der Waals surface area contributed by atoms with Gasteiger partial charge >= 0.3 is 0 Å². The van der Waals surface area contributed by atoms with Crippen LogP contribution in [-0.2, 0) is 11.3 Å². The second kappa shape index (κ2) is 7.32. The van der Waals surface area contributed by atoms with Crippen molar-refractivity contribution < 1.29 is 19.1 Å². The highest BCUT2D eigenvalue weighted by Gasteiger charge is 2.36. The number of hydrogen-bond donors (Lipinski definition) is 1. The van der Waals surface area contributed by atoms with E-state index in [1.54, 1.807) is 12.1 Å². The number of fused-ring (bicyclic) bond motifs is 1. The number of imide groups is 1. The molecule has 138 valence electrons. The molecule has 1 atom stereocenters. The minimum atomic E-state index is -0.368. The lowest BCUT2D eigenvalue weighted by Crippen LogP contribution is -2.31. The molecule has 0 bridgehead atoms. The van der Waals surface area contributed by atoms with Crippen LogP contribution in [0.3, 0.4) is 0 Å². The molecule has 2 heterocycles. The van der Waals surface area contributed by atoms with E-state index in [4.69, 9.17) is 4.74 Å². The molecule has 1 N–H and O–H groups in total. The largest absolute Gasteiger partial charge is 0.376 e. The molecule has 2 aromatic rings. The SMILES string of the molecule is O=C(NCC1CCCO1)c1ccc2c(c1)C(=O)N(Cc1ccccc1)C2=O. The molecule has 0 aromatic heterocycles. The van der Waals surface area contributed by atoms with Crippen LogP contribution in [0.1, 0.15) is 49.5 Å². The van der Waals surface area contributed by atoms with Gasteiger partial charge in [0.1, 0.15) is 0 Å². The minimum absolute atomic E-state index is 0.0490. The summed E-state index contributed by atoms with van der Waals surface area (Å²) >= 11 is 0. The third-order valence-corrected chi connectivity index (χ3v) is 4.93. The van der Waals surface area contributed by atoms with Gasteiger partial charge in [-0.25, -0.2) is 0 Å². The number of ether oxygens (including phenoxy) is 1.